The van der Waals surface area contributed by atoms with Crippen molar-refractivity contribution in [3.63, 3.8) is 0 Å². The molecule has 0 spiro atoms. The summed E-state index contributed by atoms with van der Waals surface area (Å²) in [6.07, 6.45) is 3.44. The van der Waals surface area contributed by atoms with E-state index in [9.17, 15) is 0 Å². The van der Waals surface area contributed by atoms with Crippen molar-refractivity contribution in [1.29, 1.82) is 0 Å². The molecule has 1 aromatic heterocycles. The predicted molar refractivity (Wildman–Crippen MR) is 63.4 cm³/mol. The van der Waals surface area contributed by atoms with Crippen LogP contribution in [0.1, 0.15) is 11.6 Å². The van der Waals surface area contributed by atoms with Crippen molar-refractivity contribution in [3.8, 4) is 0 Å². The highest BCUT2D eigenvalue weighted by atomic mass is 15.2. The maximum absolute atomic E-state index is 4.29. The number of aromatic nitrogens is 2. The average Bonchev–Trinajstić information content (AvgIpc) is 2.30. The first-order valence-corrected chi connectivity index (χ1v) is 5.49. The van der Waals surface area contributed by atoms with Crippen LogP contribution in [0.5, 0.6) is 0 Å². The standard InChI is InChI=1S/C13H13N3/c1-2-4-12(5-3-1)16-8-11(9-16)13-6-7-14-10-15-13/h1-7,10-11H,8-9H2. The number of para-hydroxylation sites is 1. The van der Waals surface area contributed by atoms with Gasteiger partial charge in [-0.15, -0.1) is 0 Å². The lowest BCUT2D eigenvalue weighted by Crippen LogP contribution is -2.45. The molecule has 0 atom stereocenters. The SMILES string of the molecule is c1ccc(N2CC(c3ccncn3)C2)cc1. The van der Waals surface area contributed by atoms with E-state index in [1.165, 1.54) is 5.69 Å². The van der Waals surface area contributed by atoms with Crippen molar-refractivity contribution in [3.05, 3.63) is 54.6 Å². The minimum Gasteiger partial charge on any atom is -0.370 e. The van der Waals surface area contributed by atoms with Gasteiger partial charge in [-0.3, -0.25) is 0 Å². The second-order valence-electron chi connectivity index (χ2n) is 4.07. The molecule has 0 bridgehead atoms. The lowest BCUT2D eigenvalue weighted by Gasteiger charge is -2.40. The molecule has 0 saturated carbocycles. The van der Waals surface area contributed by atoms with Crippen LogP contribution in [0.3, 0.4) is 0 Å². The molecule has 1 saturated heterocycles. The van der Waals surface area contributed by atoms with E-state index >= 15 is 0 Å². The fourth-order valence-corrected chi connectivity index (χ4v) is 2.06. The summed E-state index contributed by atoms with van der Waals surface area (Å²) in [4.78, 5) is 10.6. The number of rotatable bonds is 2. The van der Waals surface area contributed by atoms with Crippen LogP contribution in [0.25, 0.3) is 0 Å². The van der Waals surface area contributed by atoms with Crippen LogP contribution < -0.4 is 4.90 Å². The fraction of sp³-hybridized carbons (Fsp3) is 0.231. The predicted octanol–water partition coefficient (Wildman–Crippen LogP) is 2.08. The van der Waals surface area contributed by atoms with Crippen LogP contribution >= 0.6 is 0 Å². The zero-order chi connectivity index (χ0) is 10.8. The first-order chi connectivity index (χ1) is 7.93. The molecule has 3 rings (SSSR count). The summed E-state index contributed by atoms with van der Waals surface area (Å²) in [5.41, 5.74) is 2.45. The van der Waals surface area contributed by atoms with E-state index < -0.39 is 0 Å². The number of anilines is 1. The van der Waals surface area contributed by atoms with E-state index in [0.29, 0.717) is 5.92 Å². The van der Waals surface area contributed by atoms with Gasteiger partial charge in [0, 0.05) is 30.9 Å². The van der Waals surface area contributed by atoms with Gasteiger partial charge in [-0.05, 0) is 18.2 Å². The Morgan fingerprint density at radius 3 is 2.56 bits per heavy atom. The van der Waals surface area contributed by atoms with Crippen LogP contribution in [0.4, 0.5) is 5.69 Å². The van der Waals surface area contributed by atoms with E-state index in [1.807, 2.05) is 18.3 Å². The molecule has 80 valence electrons. The molecule has 0 amide bonds. The van der Waals surface area contributed by atoms with Crippen LogP contribution in [-0.4, -0.2) is 23.1 Å². The topological polar surface area (TPSA) is 29.0 Å². The molecule has 1 aliphatic heterocycles. The van der Waals surface area contributed by atoms with Crippen molar-refractivity contribution in [1.82, 2.24) is 9.97 Å². The molecule has 1 fully saturated rings. The summed E-state index contributed by atoms with van der Waals surface area (Å²) >= 11 is 0. The summed E-state index contributed by atoms with van der Waals surface area (Å²) in [6, 6.07) is 12.5. The second-order valence-corrected chi connectivity index (χ2v) is 4.07. The maximum Gasteiger partial charge on any atom is 0.115 e. The minimum absolute atomic E-state index is 0.559. The minimum atomic E-state index is 0.559. The third-order valence-electron chi connectivity index (χ3n) is 3.03. The highest BCUT2D eigenvalue weighted by Gasteiger charge is 2.28. The zero-order valence-electron chi connectivity index (χ0n) is 8.95. The van der Waals surface area contributed by atoms with Gasteiger partial charge < -0.3 is 4.90 Å². The number of benzene rings is 1. The molecule has 0 radical (unpaired) electrons. The molecule has 3 heteroatoms. The molecule has 2 aromatic rings. The molecule has 1 aliphatic rings. The average molecular weight is 211 g/mol. The lowest BCUT2D eigenvalue weighted by atomic mass is 9.95. The fourth-order valence-electron chi connectivity index (χ4n) is 2.06. The van der Waals surface area contributed by atoms with Gasteiger partial charge in [-0.2, -0.15) is 0 Å². The van der Waals surface area contributed by atoms with Gasteiger partial charge in [-0.1, -0.05) is 18.2 Å². The highest BCUT2D eigenvalue weighted by molar-refractivity contribution is 5.50. The molecule has 0 unspecified atom stereocenters. The summed E-state index contributed by atoms with van der Waals surface area (Å²) in [7, 11) is 0. The Labute approximate surface area is 94.8 Å². The molecule has 0 N–H and O–H groups in total. The van der Waals surface area contributed by atoms with Gasteiger partial charge in [0.2, 0.25) is 0 Å². The van der Waals surface area contributed by atoms with E-state index in [0.717, 1.165) is 18.8 Å². The van der Waals surface area contributed by atoms with Crippen molar-refractivity contribution in [2.45, 2.75) is 5.92 Å². The Morgan fingerprint density at radius 1 is 1.06 bits per heavy atom. The first kappa shape index (κ1) is 9.33. The molecule has 3 nitrogen and oxygen atoms in total. The van der Waals surface area contributed by atoms with E-state index in [2.05, 4.69) is 39.1 Å². The van der Waals surface area contributed by atoms with E-state index in [4.69, 9.17) is 0 Å². The summed E-state index contributed by atoms with van der Waals surface area (Å²) in [6.45, 7) is 2.11. The van der Waals surface area contributed by atoms with Gasteiger partial charge in [0.1, 0.15) is 6.33 Å². The molecule has 1 aromatic carbocycles. The largest absolute Gasteiger partial charge is 0.370 e. The van der Waals surface area contributed by atoms with Crippen LogP contribution in [0, 0.1) is 0 Å². The van der Waals surface area contributed by atoms with Crippen LogP contribution in [0.2, 0.25) is 0 Å². The van der Waals surface area contributed by atoms with Gasteiger partial charge in [0.05, 0.1) is 5.69 Å². The number of hydrogen-bond acceptors (Lipinski definition) is 3. The second kappa shape index (κ2) is 3.93. The Hall–Kier alpha value is -1.90. The number of hydrogen-bond donors (Lipinski definition) is 0. The highest BCUT2D eigenvalue weighted by Crippen LogP contribution is 2.29. The van der Waals surface area contributed by atoms with E-state index in [1.54, 1.807) is 6.33 Å². The van der Waals surface area contributed by atoms with Crippen LogP contribution in [-0.2, 0) is 0 Å². The number of nitrogens with zero attached hydrogens (tertiary/aromatic N) is 3. The maximum atomic E-state index is 4.29. The Morgan fingerprint density at radius 2 is 1.88 bits per heavy atom. The monoisotopic (exact) mass is 211 g/mol. The Bertz CT molecular complexity index is 406. The van der Waals surface area contributed by atoms with Crippen molar-refractivity contribution < 1.29 is 0 Å². The molecule has 16 heavy (non-hydrogen) atoms. The molecule has 0 aliphatic carbocycles. The lowest BCUT2D eigenvalue weighted by molar-refractivity contribution is 0.513. The summed E-state index contributed by atoms with van der Waals surface area (Å²) in [5, 5.41) is 0. The third-order valence-corrected chi connectivity index (χ3v) is 3.03. The quantitative estimate of drug-likeness (QED) is 0.761. The van der Waals surface area contributed by atoms with Crippen molar-refractivity contribution in [2.75, 3.05) is 18.0 Å². The van der Waals surface area contributed by atoms with Crippen LogP contribution in [0.15, 0.2) is 48.9 Å². The van der Waals surface area contributed by atoms with Gasteiger partial charge >= 0.3 is 0 Å². The zero-order valence-corrected chi connectivity index (χ0v) is 8.95. The van der Waals surface area contributed by atoms with E-state index in [-0.39, 0.29) is 0 Å². The smallest absolute Gasteiger partial charge is 0.115 e. The molecular weight excluding hydrogens is 198 g/mol. The van der Waals surface area contributed by atoms with Gasteiger partial charge in [0.25, 0.3) is 0 Å². The third kappa shape index (κ3) is 1.65. The Kier molecular flexibility index (Phi) is 2.29. The Balaban J connectivity index is 1.68. The molecule has 2 heterocycles. The summed E-state index contributed by atoms with van der Waals surface area (Å²) < 4.78 is 0. The van der Waals surface area contributed by atoms with Crippen molar-refractivity contribution in [2.24, 2.45) is 0 Å². The summed E-state index contributed by atoms with van der Waals surface area (Å²) in [5.74, 6) is 0.559. The molecular formula is C13H13N3. The normalized spacial score (nSPS) is 15.9. The van der Waals surface area contributed by atoms with Crippen molar-refractivity contribution >= 4 is 5.69 Å². The van der Waals surface area contributed by atoms with Gasteiger partial charge in [0.15, 0.2) is 0 Å². The van der Waals surface area contributed by atoms with Gasteiger partial charge in [-0.25, -0.2) is 9.97 Å². The first-order valence-electron chi connectivity index (χ1n) is 5.49.